The van der Waals surface area contributed by atoms with Gasteiger partial charge in [-0.05, 0) is 51.4 Å². The summed E-state index contributed by atoms with van der Waals surface area (Å²) in [6, 6.07) is 0. The van der Waals surface area contributed by atoms with Crippen molar-refractivity contribution in [3.8, 4) is 0 Å². The molecule has 0 bridgehead atoms. The number of hydrogen-bond acceptors (Lipinski definition) is 5. The molecule has 1 heterocycles. The minimum Gasteiger partial charge on any atom is -0.393 e. The molecule has 0 aromatic heterocycles. The van der Waals surface area contributed by atoms with Crippen molar-refractivity contribution in [3.63, 3.8) is 0 Å². The largest absolute Gasteiger partial charge is 0.393 e. The first kappa shape index (κ1) is 43.3. The van der Waals surface area contributed by atoms with Gasteiger partial charge in [0.25, 0.3) is 0 Å². The third kappa shape index (κ3) is 27.3. The third-order valence-corrected chi connectivity index (χ3v) is 9.62. The molecular formula is C41H79NO4. The quantitative estimate of drug-likeness (QED) is 0.0547. The summed E-state index contributed by atoms with van der Waals surface area (Å²) >= 11 is 0. The predicted octanol–water partition coefficient (Wildman–Crippen LogP) is 10.7. The Morgan fingerprint density at radius 3 is 1.59 bits per heavy atom. The van der Waals surface area contributed by atoms with Crippen molar-refractivity contribution < 1.29 is 19.7 Å². The summed E-state index contributed by atoms with van der Waals surface area (Å²) < 4.78 is 11.7. The molecule has 2 unspecified atom stereocenters. The molecule has 1 saturated heterocycles. The molecular weight excluding hydrogens is 570 g/mol. The topological polar surface area (TPSA) is 62.2 Å². The van der Waals surface area contributed by atoms with Gasteiger partial charge in [0.15, 0.2) is 0 Å². The van der Waals surface area contributed by atoms with Crippen LogP contribution in [0.5, 0.6) is 0 Å². The first-order valence-corrected chi connectivity index (χ1v) is 20.2. The summed E-state index contributed by atoms with van der Waals surface area (Å²) in [4.78, 5) is 2.52. The molecule has 5 heteroatoms. The SMILES string of the molecule is CCCC=C1CCN(CCOCCOCCC=C(CC(O)CCCCCCCCCC)CC(O)CCCCCCCCCC)CC1. The van der Waals surface area contributed by atoms with E-state index in [1.807, 2.05) is 0 Å². The average Bonchev–Trinajstić information content (AvgIpc) is 3.05. The fourth-order valence-corrected chi connectivity index (χ4v) is 6.57. The molecule has 2 atom stereocenters. The Morgan fingerprint density at radius 2 is 1.09 bits per heavy atom. The number of aliphatic hydroxyl groups is 2. The second-order valence-electron chi connectivity index (χ2n) is 14.1. The number of unbranched alkanes of at least 4 members (excludes halogenated alkanes) is 15. The third-order valence-electron chi connectivity index (χ3n) is 9.62. The van der Waals surface area contributed by atoms with Crippen LogP contribution in [0.25, 0.3) is 0 Å². The summed E-state index contributed by atoms with van der Waals surface area (Å²) in [6.07, 6.45) is 33.5. The van der Waals surface area contributed by atoms with Crippen molar-refractivity contribution in [2.45, 2.75) is 193 Å². The van der Waals surface area contributed by atoms with E-state index in [2.05, 4.69) is 37.8 Å². The molecule has 1 aliphatic heterocycles. The van der Waals surface area contributed by atoms with Crippen molar-refractivity contribution in [2.75, 3.05) is 46.1 Å². The van der Waals surface area contributed by atoms with E-state index in [1.165, 1.54) is 121 Å². The minimum absolute atomic E-state index is 0.310. The zero-order chi connectivity index (χ0) is 33.3. The molecule has 1 fully saturated rings. The Balaban J connectivity index is 2.28. The number of nitrogens with zero attached hydrogens (tertiary/aromatic N) is 1. The van der Waals surface area contributed by atoms with Gasteiger partial charge in [0.2, 0.25) is 0 Å². The maximum Gasteiger partial charge on any atom is 0.0701 e. The number of piperidine rings is 1. The number of aliphatic hydroxyl groups excluding tert-OH is 2. The van der Waals surface area contributed by atoms with Crippen LogP contribution < -0.4 is 0 Å². The summed E-state index contributed by atoms with van der Waals surface area (Å²) in [6.45, 7) is 12.8. The van der Waals surface area contributed by atoms with Gasteiger partial charge in [0.1, 0.15) is 0 Å². The first-order valence-electron chi connectivity index (χ1n) is 20.2. The summed E-state index contributed by atoms with van der Waals surface area (Å²) in [5, 5.41) is 21.7. The molecule has 46 heavy (non-hydrogen) atoms. The van der Waals surface area contributed by atoms with Crippen LogP contribution in [0.3, 0.4) is 0 Å². The van der Waals surface area contributed by atoms with Crippen LogP contribution in [0.15, 0.2) is 23.3 Å². The van der Waals surface area contributed by atoms with Gasteiger partial charge < -0.3 is 24.6 Å². The summed E-state index contributed by atoms with van der Waals surface area (Å²) in [7, 11) is 0. The normalized spacial score (nSPS) is 15.3. The van der Waals surface area contributed by atoms with Crippen LogP contribution in [-0.4, -0.2) is 73.4 Å². The highest BCUT2D eigenvalue weighted by Crippen LogP contribution is 2.21. The number of hydrogen-bond donors (Lipinski definition) is 2. The van der Waals surface area contributed by atoms with Gasteiger partial charge in [-0.1, -0.05) is 153 Å². The molecule has 0 radical (unpaired) electrons. The summed E-state index contributed by atoms with van der Waals surface area (Å²) in [5.41, 5.74) is 2.84. The average molecular weight is 650 g/mol. The highest BCUT2D eigenvalue weighted by molar-refractivity contribution is 5.06. The Bertz CT molecular complexity index is 669. The fraction of sp³-hybridized carbons (Fsp3) is 0.902. The van der Waals surface area contributed by atoms with Gasteiger partial charge in [-0.25, -0.2) is 0 Å². The second-order valence-corrected chi connectivity index (χ2v) is 14.1. The van der Waals surface area contributed by atoms with Gasteiger partial charge >= 0.3 is 0 Å². The fourth-order valence-electron chi connectivity index (χ4n) is 6.57. The van der Waals surface area contributed by atoms with E-state index in [0.29, 0.717) is 32.7 Å². The minimum atomic E-state index is -0.310. The Hall–Kier alpha value is -0.720. The molecule has 0 amide bonds. The highest BCUT2D eigenvalue weighted by Gasteiger charge is 2.14. The van der Waals surface area contributed by atoms with E-state index in [9.17, 15) is 10.2 Å². The molecule has 1 rings (SSSR count). The lowest BCUT2D eigenvalue weighted by molar-refractivity contribution is 0.0391. The van der Waals surface area contributed by atoms with Crippen LogP contribution in [-0.2, 0) is 9.47 Å². The summed E-state index contributed by atoms with van der Waals surface area (Å²) in [5.74, 6) is 0. The van der Waals surface area contributed by atoms with Crippen molar-refractivity contribution >= 4 is 0 Å². The second kappa shape index (κ2) is 32.8. The number of allylic oxidation sites excluding steroid dienone is 1. The predicted molar refractivity (Wildman–Crippen MR) is 199 cm³/mol. The monoisotopic (exact) mass is 650 g/mol. The Labute approximate surface area is 287 Å². The van der Waals surface area contributed by atoms with Gasteiger partial charge in [-0.15, -0.1) is 0 Å². The van der Waals surface area contributed by atoms with Crippen molar-refractivity contribution in [2.24, 2.45) is 0 Å². The van der Waals surface area contributed by atoms with Crippen LogP contribution in [0.1, 0.15) is 181 Å². The van der Waals surface area contributed by atoms with Crippen LogP contribution in [0.4, 0.5) is 0 Å². The van der Waals surface area contributed by atoms with Gasteiger partial charge in [0.05, 0.1) is 38.6 Å². The Kier molecular flexibility index (Phi) is 30.9. The Morgan fingerprint density at radius 1 is 0.609 bits per heavy atom. The van der Waals surface area contributed by atoms with E-state index in [0.717, 1.165) is 58.3 Å². The van der Waals surface area contributed by atoms with Crippen molar-refractivity contribution in [1.82, 2.24) is 4.90 Å². The standard InChI is InChI=1S/C41H79NO4/c1-4-7-10-12-14-16-18-20-25-40(43)36-39(37-41(44)26-21-19-17-15-13-11-8-5-2)24-22-32-45-34-35-46-33-31-42-29-27-38(28-30-42)23-9-6-3/h23-24,40-41,43-44H,4-22,25-37H2,1-3H3. The smallest absolute Gasteiger partial charge is 0.0701 e. The van der Waals surface area contributed by atoms with Crippen LogP contribution in [0.2, 0.25) is 0 Å². The van der Waals surface area contributed by atoms with Crippen LogP contribution >= 0.6 is 0 Å². The lowest BCUT2D eigenvalue weighted by atomic mass is 9.95. The van der Waals surface area contributed by atoms with E-state index in [-0.39, 0.29) is 12.2 Å². The maximum atomic E-state index is 10.8. The van der Waals surface area contributed by atoms with Crippen molar-refractivity contribution in [1.29, 1.82) is 0 Å². The lowest BCUT2D eigenvalue weighted by Crippen LogP contribution is -2.33. The molecule has 0 spiro atoms. The first-order chi connectivity index (χ1) is 22.6. The molecule has 272 valence electrons. The molecule has 0 saturated carbocycles. The molecule has 0 aromatic rings. The van der Waals surface area contributed by atoms with Crippen molar-refractivity contribution in [3.05, 3.63) is 23.3 Å². The van der Waals surface area contributed by atoms with E-state index in [4.69, 9.17) is 9.47 Å². The zero-order valence-electron chi connectivity index (χ0n) is 31.1. The molecule has 1 aliphatic rings. The number of rotatable bonds is 33. The highest BCUT2D eigenvalue weighted by atomic mass is 16.5. The lowest BCUT2D eigenvalue weighted by Gasteiger charge is -2.28. The number of likely N-dealkylation sites (tertiary alicyclic amines) is 1. The van der Waals surface area contributed by atoms with Gasteiger partial charge in [-0.2, -0.15) is 0 Å². The maximum absolute atomic E-state index is 10.8. The number of ether oxygens (including phenoxy) is 2. The van der Waals surface area contributed by atoms with Gasteiger partial charge in [-0.3, -0.25) is 0 Å². The van der Waals surface area contributed by atoms with E-state index >= 15 is 0 Å². The van der Waals surface area contributed by atoms with E-state index < -0.39 is 0 Å². The zero-order valence-corrected chi connectivity index (χ0v) is 31.1. The molecule has 2 N–H and O–H groups in total. The van der Waals surface area contributed by atoms with E-state index in [1.54, 1.807) is 5.57 Å². The molecule has 0 aromatic carbocycles. The molecule has 0 aliphatic carbocycles. The van der Waals surface area contributed by atoms with Crippen LogP contribution in [0, 0.1) is 0 Å². The molecule has 5 nitrogen and oxygen atoms in total. The van der Waals surface area contributed by atoms with Gasteiger partial charge in [0, 0.05) is 19.6 Å².